The van der Waals surface area contributed by atoms with Crippen LogP contribution in [0.15, 0.2) is 9.59 Å². The second-order valence-corrected chi connectivity index (χ2v) is 3.09. The predicted molar refractivity (Wildman–Crippen MR) is 52.8 cm³/mol. The van der Waals surface area contributed by atoms with E-state index in [9.17, 15) is 14.0 Å². The van der Waals surface area contributed by atoms with Crippen LogP contribution in [-0.4, -0.2) is 22.8 Å². The molecule has 0 amide bonds. The van der Waals surface area contributed by atoms with Gasteiger partial charge in [0.1, 0.15) is 0 Å². The normalized spacial score (nSPS) is 10.6. The molecular weight excluding hydrogens is 227 g/mol. The monoisotopic (exact) mass is 236 g/mol. The molecule has 0 fully saturated rings. The van der Waals surface area contributed by atoms with Gasteiger partial charge in [-0.1, -0.05) is 11.6 Å². The van der Waals surface area contributed by atoms with Gasteiger partial charge in [0.25, 0.3) is 5.56 Å². The topological polar surface area (TPSA) is 64.1 Å². The average molecular weight is 237 g/mol. The molecule has 0 atom stereocenters. The second kappa shape index (κ2) is 5.09. The first-order valence-electron chi connectivity index (χ1n) is 4.33. The molecule has 0 unspecified atom stereocenters. The van der Waals surface area contributed by atoms with Gasteiger partial charge in [0.15, 0.2) is 5.15 Å². The molecule has 0 saturated heterocycles. The molecule has 0 aliphatic rings. The van der Waals surface area contributed by atoms with Crippen LogP contribution in [0.1, 0.15) is 6.92 Å². The molecule has 0 aliphatic carbocycles. The van der Waals surface area contributed by atoms with Crippen LogP contribution in [0.5, 0.6) is 0 Å². The number of H-pyrrole nitrogens is 1. The Labute approximate surface area is 89.4 Å². The molecule has 0 aliphatic heterocycles. The number of hydrogen-bond donors (Lipinski definition) is 1. The third-order valence-corrected chi connectivity index (χ3v) is 2.01. The average Bonchev–Trinajstić information content (AvgIpc) is 2.20. The molecule has 15 heavy (non-hydrogen) atoms. The number of halogens is 2. The zero-order valence-corrected chi connectivity index (χ0v) is 8.81. The third kappa shape index (κ3) is 2.66. The molecule has 7 heteroatoms. The minimum Gasteiger partial charge on any atom is -0.380 e. The highest BCUT2D eigenvalue weighted by Gasteiger charge is 2.11. The zero-order chi connectivity index (χ0) is 11.4. The number of ether oxygens (including phenoxy) is 1. The third-order valence-electron chi connectivity index (χ3n) is 1.75. The predicted octanol–water partition coefficient (Wildman–Crippen LogP) is 0.366. The molecular formula is C8H10ClFN2O3. The Morgan fingerprint density at radius 2 is 2.20 bits per heavy atom. The Hall–Kier alpha value is -1.14. The summed E-state index contributed by atoms with van der Waals surface area (Å²) in [4.78, 5) is 24.5. The minimum atomic E-state index is -1.16. The van der Waals surface area contributed by atoms with Crippen molar-refractivity contribution in [3.8, 4) is 0 Å². The first-order chi connectivity index (χ1) is 7.07. The van der Waals surface area contributed by atoms with Crippen LogP contribution in [0.4, 0.5) is 4.39 Å². The Balaban J connectivity index is 3.03. The number of aromatic nitrogens is 2. The number of nitrogens with one attached hydrogen (secondary N) is 1. The van der Waals surface area contributed by atoms with E-state index >= 15 is 0 Å². The second-order valence-electron chi connectivity index (χ2n) is 2.71. The Kier molecular flexibility index (Phi) is 4.05. The van der Waals surface area contributed by atoms with E-state index in [4.69, 9.17) is 16.3 Å². The minimum absolute atomic E-state index is 0.00387. The van der Waals surface area contributed by atoms with Crippen molar-refractivity contribution in [3.05, 3.63) is 31.8 Å². The fourth-order valence-corrected chi connectivity index (χ4v) is 1.19. The molecule has 0 spiro atoms. The van der Waals surface area contributed by atoms with Gasteiger partial charge in [-0.15, -0.1) is 0 Å². The van der Waals surface area contributed by atoms with Gasteiger partial charge >= 0.3 is 5.69 Å². The first-order valence-corrected chi connectivity index (χ1v) is 4.71. The summed E-state index contributed by atoms with van der Waals surface area (Å²) in [7, 11) is 0. The van der Waals surface area contributed by atoms with Crippen molar-refractivity contribution in [2.24, 2.45) is 0 Å². The van der Waals surface area contributed by atoms with Crippen LogP contribution in [0.2, 0.25) is 5.15 Å². The molecule has 1 rings (SSSR count). The van der Waals surface area contributed by atoms with E-state index in [0.29, 0.717) is 11.2 Å². The van der Waals surface area contributed by atoms with Crippen molar-refractivity contribution >= 4 is 11.6 Å². The smallest absolute Gasteiger partial charge is 0.329 e. The van der Waals surface area contributed by atoms with Gasteiger partial charge in [0.2, 0.25) is 5.82 Å². The van der Waals surface area contributed by atoms with Gasteiger partial charge < -0.3 is 4.74 Å². The van der Waals surface area contributed by atoms with E-state index in [1.165, 1.54) is 0 Å². The molecule has 1 heterocycles. The molecule has 0 aromatic carbocycles. The highest BCUT2D eigenvalue weighted by atomic mass is 35.5. The molecule has 5 nitrogen and oxygen atoms in total. The lowest BCUT2D eigenvalue weighted by Crippen LogP contribution is -2.38. The summed E-state index contributed by atoms with van der Waals surface area (Å²) in [6.45, 7) is 2.40. The Morgan fingerprint density at radius 3 is 2.80 bits per heavy atom. The van der Waals surface area contributed by atoms with Gasteiger partial charge in [-0.05, 0) is 6.92 Å². The van der Waals surface area contributed by atoms with E-state index in [2.05, 4.69) is 0 Å². The summed E-state index contributed by atoms with van der Waals surface area (Å²) >= 11 is 5.28. The maximum Gasteiger partial charge on any atom is 0.329 e. The van der Waals surface area contributed by atoms with Crippen LogP contribution < -0.4 is 11.2 Å². The summed E-state index contributed by atoms with van der Waals surface area (Å²) in [5.74, 6) is -1.16. The van der Waals surface area contributed by atoms with Gasteiger partial charge in [0.05, 0.1) is 13.2 Å². The van der Waals surface area contributed by atoms with Gasteiger partial charge in [-0.25, -0.2) is 4.79 Å². The summed E-state index contributed by atoms with van der Waals surface area (Å²) in [6.07, 6.45) is 0. The summed E-state index contributed by atoms with van der Waals surface area (Å²) in [6, 6.07) is 0. The van der Waals surface area contributed by atoms with Crippen molar-refractivity contribution in [1.29, 1.82) is 0 Å². The first kappa shape index (κ1) is 11.9. The number of nitrogens with zero attached hydrogens (tertiary/aromatic N) is 1. The molecule has 0 radical (unpaired) electrons. The van der Waals surface area contributed by atoms with Gasteiger partial charge in [0, 0.05) is 6.61 Å². The van der Waals surface area contributed by atoms with E-state index in [1.807, 2.05) is 4.98 Å². The number of hydrogen-bond acceptors (Lipinski definition) is 3. The van der Waals surface area contributed by atoms with Gasteiger partial charge in [-0.3, -0.25) is 14.3 Å². The van der Waals surface area contributed by atoms with Crippen LogP contribution >= 0.6 is 11.6 Å². The largest absolute Gasteiger partial charge is 0.380 e. The highest BCUT2D eigenvalue weighted by molar-refractivity contribution is 6.29. The fourth-order valence-electron chi connectivity index (χ4n) is 1.02. The highest BCUT2D eigenvalue weighted by Crippen LogP contribution is 2.01. The van der Waals surface area contributed by atoms with Crippen molar-refractivity contribution in [2.45, 2.75) is 13.5 Å². The number of aromatic amines is 1. The SMILES string of the molecule is CCOCCn1c(=O)[nH]c(Cl)c(F)c1=O. The summed E-state index contributed by atoms with van der Waals surface area (Å²) in [5, 5.41) is -0.572. The summed E-state index contributed by atoms with van der Waals surface area (Å²) in [5.41, 5.74) is -1.78. The standard InChI is InChI=1S/C8H10ClFN2O3/c1-2-15-4-3-12-7(13)5(10)6(9)11-8(12)14/h2-4H2,1H3,(H,11,14). The van der Waals surface area contributed by atoms with E-state index in [-0.39, 0.29) is 13.2 Å². The van der Waals surface area contributed by atoms with E-state index in [0.717, 1.165) is 0 Å². The Bertz CT molecular complexity index is 454. The van der Waals surface area contributed by atoms with Crippen LogP contribution in [0, 0.1) is 5.82 Å². The molecule has 0 bridgehead atoms. The van der Waals surface area contributed by atoms with E-state index in [1.54, 1.807) is 6.92 Å². The van der Waals surface area contributed by atoms with Crippen LogP contribution in [0.3, 0.4) is 0 Å². The molecule has 1 N–H and O–H groups in total. The lowest BCUT2D eigenvalue weighted by atomic mass is 10.5. The maximum absolute atomic E-state index is 13.0. The van der Waals surface area contributed by atoms with Gasteiger partial charge in [-0.2, -0.15) is 4.39 Å². The van der Waals surface area contributed by atoms with Crippen molar-refractivity contribution in [2.75, 3.05) is 13.2 Å². The fraction of sp³-hybridized carbons (Fsp3) is 0.500. The molecule has 1 aromatic rings. The zero-order valence-electron chi connectivity index (χ0n) is 8.05. The molecule has 0 saturated carbocycles. The van der Waals surface area contributed by atoms with E-state index < -0.39 is 22.2 Å². The molecule has 1 aromatic heterocycles. The summed E-state index contributed by atoms with van der Waals surface area (Å²) < 4.78 is 18.7. The maximum atomic E-state index is 13.0. The quantitative estimate of drug-likeness (QED) is 0.607. The van der Waals surface area contributed by atoms with Crippen molar-refractivity contribution in [3.63, 3.8) is 0 Å². The van der Waals surface area contributed by atoms with Crippen LogP contribution in [0.25, 0.3) is 0 Å². The number of rotatable bonds is 4. The van der Waals surface area contributed by atoms with Crippen molar-refractivity contribution in [1.82, 2.24) is 9.55 Å². The molecule has 84 valence electrons. The lowest BCUT2D eigenvalue weighted by molar-refractivity contribution is 0.137. The lowest BCUT2D eigenvalue weighted by Gasteiger charge is -2.04. The Morgan fingerprint density at radius 1 is 1.53 bits per heavy atom. The van der Waals surface area contributed by atoms with Crippen molar-refractivity contribution < 1.29 is 9.13 Å². The van der Waals surface area contributed by atoms with Crippen LogP contribution in [-0.2, 0) is 11.3 Å².